The number of amides is 1. The topological polar surface area (TPSA) is 89.1 Å². The number of hydrogen-bond acceptors (Lipinski definition) is 6. The van der Waals surface area contributed by atoms with E-state index in [1.807, 2.05) is 30.0 Å². The molecule has 0 saturated carbocycles. The summed E-state index contributed by atoms with van der Waals surface area (Å²) in [5.41, 5.74) is 3.16. The van der Waals surface area contributed by atoms with Crippen LogP contribution in [0.3, 0.4) is 0 Å². The number of carbonyl (C=O) groups excluding carboxylic acids is 1. The van der Waals surface area contributed by atoms with E-state index in [0.717, 1.165) is 18.4 Å². The van der Waals surface area contributed by atoms with Gasteiger partial charge in [-0.3, -0.25) is 4.79 Å². The summed E-state index contributed by atoms with van der Waals surface area (Å²) in [5.74, 6) is -0.138. The average molecular weight is 449 g/mol. The number of aromatic nitrogens is 4. The fourth-order valence-electron chi connectivity index (χ4n) is 4.56. The van der Waals surface area contributed by atoms with Gasteiger partial charge in [-0.2, -0.15) is 20.0 Å². The van der Waals surface area contributed by atoms with Crippen LogP contribution in [-0.2, 0) is 0 Å². The van der Waals surface area contributed by atoms with Crippen LogP contribution in [0.15, 0.2) is 53.2 Å². The lowest BCUT2D eigenvalue weighted by atomic mass is 9.90. The third-order valence-electron chi connectivity index (χ3n) is 6.28. The summed E-state index contributed by atoms with van der Waals surface area (Å²) in [6.07, 6.45) is 5.16. The Morgan fingerprint density at radius 1 is 1.24 bits per heavy atom. The normalized spacial score (nSPS) is 18.6. The Labute approximate surface area is 190 Å². The lowest BCUT2D eigenvalue weighted by Gasteiger charge is -2.40. The van der Waals surface area contributed by atoms with E-state index in [1.165, 1.54) is 16.9 Å². The number of rotatable bonds is 5. The smallest absolute Gasteiger partial charge is 0.295 e. The fraction of sp³-hybridized carbons (Fsp3) is 0.333. The van der Waals surface area contributed by atoms with Crippen molar-refractivity contribution in [3.8, 4) is 5.69 Å². The van der Waals surface area contributed by atoms with Gasteiger partial charge in [-0.1, -0.05) is 19.1 Å². The number of para-hydroxylation sites is 1. The minimum Gasteiger partial charge on any atom is -0.423 e. The van der Waals surface area contributed by atoms with Crippen LogP contribution < -0.4 is 5.32 Å². The first-order valence-electron chi connectivity index (χ1n) is 11.1. The molecule has 0 aliphatic carbocycles. The lowest BCUT2D eigenvalue weighted by Crippen LogP contribution is -2.51. The maximum absolute atomic E-state index is 13.8. The van der Waals surface area contributed by atoms with Crippen molar-refractivity contribution in [1.29, 1.82) is 0 Å². The predicted octanol–water partition coefficient (Wildman–Crippen LogP) is 4.21. The first-order valence-corrected chi connectivity index (χ1v) is 11.1. The summed E-state index contributed by atoms with van der Waals surface area (Å²) in [6.45, 7) is 5.24. The van der Waals surface area contributed by atoms with E-state index >= 15 is 0 Å². The van der Waals surface area contributed by atoms with Crippen LogP contribution in [0.1, 0.15) is 35.7 Å². The van der Waals surface area contributed by atoms with Crippen molar-refractivity contribution in [3.05, 3.63) is 65.7 Å². The van der Waals surface area contributed by atoms with Gasteiger partial charge < -0.3 is 14.6 Å². The van der Waals surface area contributed by atoms with E-state index < -0.39 is 0 Å². The highest BCUT2D eigenvalue weighted by molar-refractivity contribution is 5.98. The van der Waals surface area contributed by atoms with Crippen molar-refractivity contribution >= 4 is 23.0 Å². The first kappa shape index (κ1) is 21.1. The second kappa shape index (κ2) is 8.65. The number of likely N-dealkylation sites (tertiary alicyclic amines) is 1. The van der Waals surface area contributed by atoms with Crippen LogP contribution in [0.25, 0.3) is 16.8 Å². The Morgan fingerprint density at radius 2 is 2.06 bits per heavy atom. The number of nitrogens with one attached hydrogen (secondary N) is 1. The molecule has 1 amide bonds. The van der Waals surface area contributed by atoms with Crippen LogP contribution >= 0.6 is 0 Å². The Hall–Kier alpha value is -3.75. The highest BCUT2D eigenvalue weighted by Gasteiger charge is 2.34. The molecule has 4 aromatic rings. The number of oxazole rings is 1. The summed E-state index contributed by atoms with van der Waals surface area (Å²) in [6, 6.07) is 10.2. The highest BCUT2D eigenvalue weighted by Crippen LogP contribution is 2.28. The first-order chi connectivity index (χ1) is 16.0. The highest BCUT2D eigenvalue weighted by atomic mass is 19.1. The SMILES string of the molecule is Cc1cccc(C(=O)N2CCCC(C)C2CNc2nc3ccc(F)cc3o2)c1-n1nccn1. The molecule has 8 nitrogen and oxygen atoms in total. The van der Waals surface area contributed by atoms with Gasteiger partial charge >= 0.3 is 0 Å². The molecule has 0 bridgehead atoms. The summed E-state index contributed by atoms with van der Waals surface area (Å²) in [7, 11) is 0. The van der Waals surface area contributed by atoms with Gasteiger partial charge in [0.1, 0.15) is 17.0 Å². The molecular weight excluding hydrogens is 423 g/mol. The van der Waals surface area contributed by atoms with Crippen LogP contribution in [0.2, 0.25) is 0 Å². The standard InChI is InChI=1S/C24H25FN6O2/c1-15-6-4-12-30(20(15)14-26-24-29-19-9-8-17(25)13-21(19)33-24)23(32)18-7-3-5-16(2)22(18)31-27-10-11-28-31/h3,5,7-11,13,15,20H,4,6,12,14H2,1-2H3,(H,26,29). The molecule has 170 valence electrons. The Morgan fingerprint density at radius 3 is 2.88 bits per heavy atom. The van der Waals surface area contributed by atoms with E-state index in [2.05, 4.69) is 27.4 Å². The van der Waals surface area contributed by atoms with Crippen molar-refractivity contribution in [2.45, 2.75) is 32.7 Å². The van der Waals surface area contributed by atoms with Gasteiger partial charge in [0.2, 0.25) is 0 Å². The molecule has 0 spiro atoms. The molecule has 1 N–H and O–H groups in total. The van der Waals surface area contributed by atoms with Crippen molar-refractivity contribution < 1.29 is 13.6 Å². The van der Waals surface area contributed by atoms with Crippen molar-refractivity contribution in [1.82, 2.24) is 24.9 Å². The number of halogens is 1. The number of anilines is 1. The Balaban J connectivity index is 1.41. The molecule has 0 radical (unpaired) electrons. The van der Waals surface area contributed by atoms with Gasteiger partial charge in [-0.25, -0.2) is 4.39 Å². The van der Waals surface area contributed by atoms with Crippen molar-refractivity contribution in [3.63, 3.8) is 0 Å². The molecule has 2 aromatic carbocycles. The zero-order chi connectivity index (χ0) is 22.9. The minimum absolute atomic E-state index is 0.0519. The quantitative estimate of drug-likeness (QED) is 0.492. The number of hydrogen-bond donors (Lipinski definition) is 1. The van der Waals surface area contributed by atoms with Crippen molar-refractivity contribution in [2.24, 2.45) is 5.92 Å². The lowest BCUT2D eigenvalue weighted by molar-refractivity contribution is 0.0539. The molecule has 1 saturated heterocycles. The minimum atomic E-state index is -0.372. The number of carbonyl (C=O) groups is 1. The van der Waals surface area contributed by atoms with Gasteiger partial charge in [0.25, 0.3) is 11.9 Å². The summed E-state index contributed by atoms with van der Waals surface area (Å²) in [4.78, 5) is 21.6. The zero-order valence-electron chi connectivity index (χ0n) is 18.5. The molecular formula is C24H25FN6O2. The maximum Gasteiger partial charge on any atom is 0.295 e. The monoisotopic (exact) mass is 448 g/mol. The Kier molecular flexibility index (Phi) is 5.53. The molecule has 2 aromatic heterocycles. The molecule has 1 aliphatic heterocycles. The largest absolute Gasteiger partial charge is 0.423 e. The van der Waals surface area contributed by atoms with E-state index in [-0.39, 0.29) is 23.7 Å². The number of aryl methyl sites for hydroxylation is 1. The number of benzene rings is 2. The fourth-order valence-corrected chi connectivity index (χ4v) is 4.56. The van der Waals surface area contributed by atoms with Gasteiger partial charge in [-0.15, -0.1) is 0 Å². The molecule has 5 rings (SSSR count). The van der Waals surface area contributed by atoms with Gasteiger partial charge in [0.05, 0.1) is 24.0 Å². The molecule has 9 heteroatoms. The summed E-state index contributed by atoms with van der Waals surface area (Å²) >= 11 is 0. The third-order valence-corrected chi connectivity index (χ3v) is 6.28. The van der Waals surface area contributed by atoms with Crippen LogP contribution in [0, 0.1) is 18.7 Å². The van der Waals surface area contributed by atoms with E-state index in [4.69, 9.17) is 4.42 Å². The second-order valence-corrected chi connectivity index (χ2v) is 8.49. The number of piperidine rings is 1. The van der Waals surface area contributed by atoms with Gasteiger partial charge in [-0.05, 0) is 49.4 Å². The van der Waals surface area contributed by atoms with Gasteiger partial charge in [0, 0.05) is 19.2 Å². The third kappa shape index (κ3) is 4.06. The van der Waals surface area contributed by atoms with E-state index in [9.17, 15) is 9.18 Å². The zero-order valence-corrected chi connectivity index (χ0v) is 18.5. The van der Waals surface area contributed by atoms with Crippen molar-refractivity contribution in [2.75, 3.05) is 18.4 Å². The molecule has 33 heavy (non-hydrogen) atoms. The second-order valence-electron chi connectivity index (χ2n) is 8.49. The maximum atomic E-state index is 13.8. The number of fused-ring (bicyclic) bond motifs is 1. The van der Waals surface area contributed by atoms with Gasteiger partial charge in [0.15, 0.2) is 5.58 Å². The molecule has 3 heterocycles. The summed E-state index contributed by atoms with van der Waals surface area (Å²) < 4.78 is 19.1. The van der Waals surface area contributed by atoms with Crippen LogP contribution in [0.4, 0.5) is 10.4 Å². The van der Waals surface area contributed by atoms with E-state index in [1.54, 1.807) is 18.5 Å². The Bertz CT molecular complexity index is 1290. The molecule has 2 unspecified atom stereocenters. The van der Waals surface area contributed by atoms with Crippen LogP contribution in [-0.4, -0.2) is 49.9 Å². The van der Waals surface area contributed by atoms with E-state index in [0.29, 0.717) is 41.5 Å². The summed E-state index contributed by atoms with van der Waals surface area (Å²) in [5, 5.41) is 11.7. The average Bonchev–Trinajstić information content (AvgIpc) is 3.47. The molecule has 1 aliphatic rings. The number of nitrogens with zero attached hydrogens (tertiary/aromatic N) is 5. The molecule has 1 fully saturated rings. The molecule has 2 atom stereocenters. The van der Waals surface area contributed by atoms with Crippen LogP contribution in [0.5, 0.6) is 0 Å². The predicted molar refractivity (Wildman–Crippen MR) is 122 cm³/mol.